The number of carbonyl (C=O) groups excluding carboxylic acids is 1. The molecule has 118 valence electrons. The molecular weight excluding hydrogens is 316 g/mol. The molecule has 1 heterocycles. The van der Waals surface area contributed by atoms with Crippen LogP contribution in [0.3, 0.4) is 0 Å². The van der Waals surface area contributed by atoms with Crippen molar-refractivity contribution in [1.82, 2.24) is 9.62 Å². The number of thiophene rings is 1. The highest BCUT2D eigenvalue weighted by atomic mass is 32.2. The standard InChI is InChI=1S/C12H18N2O5S2/c1-5-14(4)11(15)8(3)13-21(18,19)10-7(2)6-20-9(10)12(16)17/h6,8,13H,5H2,1-4H3,(H,16,17). The maximum atomic E-state index is 12.3. The molecule has 7 nitrogen and oxygen atoms in total. The molecule has 0 aliphatic carbocycles. The first kappa shape index (κ1) is 17.6. The van der Waals surface area contributed by atoms with Crippen LogP contribution in [-0.2, 0) is 14.8 Å². The largest absolute Gasteiger partial charge is 0.477 e. The van der Waals surface area contributed by atoms with Gasteiger partial charge in [0.2, 0.25) is 15.9 Å². The quantitative estimate of drug-likeness (QED) is 0.804. The van der Waals surface area contributed by atoms with Crippen molar-refractivity contribution < 1.29 is 23.1 Å². The SMILES string of the molecule is CCN(C)C(=O)C(C)NS(=O)(=O)c1c(C)csc1C(=O)O. The predicted molar refractivity (Wildman–Crippen MR) is 79.1 cm³/mol. The van der Waals surface area contributed by atoms with E-state index in [1.807, 2.05) is 0 Å². The van der Waals surface area contributed by atoms with E-state index in [9.17, 15) is 18.0 Å². The van der Waals surface area contributed by atoms with Crippen LogP contribution in [0.15, 0.2) is 10.3 Å². The zero-order chi connectivity index (χ0) is 16.4. The molecule has 1 atom stereocenters. The summed E-state index contributed by atoms with van der Waals surface area (Å²) in [5, 5.41) is 10.5. The Bertz CT molecular complexity index is 651. The summed E-state index contributed by atoms with van der Waals surface area (Å²) in [7, 11) is -2.52. The fraction of sp³-hybridized carbons (Fsp3) is 0.500. The van der Waals surface area contributed by atoms with Gasteiger partial charge in [-0.1, -0.05) is 0 Å². The monoisotopic (exact) mass is 334 g/mol. The molecule has 9 heteroatoms. The van der Waals surface area contributed by atoms with Crippen LogP contribution in [0.1, 0.15) is 29.1 Å². The molecule has 2 N–H and O–H groups in total. The molecule has 0 fully saturated rings. The Morgan fingerprint density at radius 3 is 2.52 bits per heavy atom. The highest BCUT2D eigenvalue weighted by Gasteiger charge is 2.30. The van der Waals surface area contributed by atoms with Crippen molar-refractivity contribution in [2.24, 2.45) is 0 Å². The van der Waals surface area contributed by atoms with Crippen molar-refractivity contribution >= 4 is 33.2 Å². The van der Waals surface area contributed by atoms with E-state index in [1.54, 1.807) is 14.0 Å². The van der Waals surface area contributed by atoms with E-state index in [0.29, 0.717) is 12.1 Å². The van der Waals surface area contributed by atoms with Gasteiger partial charge < -0.3 is 10.0 Å². The molecule has 0 radical (unpaired) electrons. The van der Waals surface area contributed by atoms with Crippen LogP contribution in [0.5, 0.6) is 0 Å². The van der Waals surface area contributed by atoms with Gasteiger partial charge >= 0.3 is 5.97 Å². The van der Waals surface area contributed by atoms with Crippen LogP contribution in [-0.4, -0.2) is 49.9 Å². The number of carbonyl (C=O) groups is 2. The maximum absolute atomic E-state index is 12.3. The molecule has 0 aliphatic rings. The van der Waals surface area contributed by atoms with Crippen LogP contribution >= 0.6 is 11.3 Å². The number of nitrogens with zero attached hydrogens (tertiary/aromatic N) is 1. The van der Waals surface area contributed by atoms with Gasteiger partial charge in [0.25, 0.3) is 0 Å². The summed E-state index contributed by atoms with van der Waals surface area (Å²) in [6.45, 7) is 5.16. The number of hydrogen-bond donors (Lipinski definition) is 2. The fourth-order valence-corrected chi connectivity index (χ4v) is 4.57. The van der Waals surface area contributed by atoms with Crippen molar-refractivity contribution in [1.29, 1.82) is 0 Å². The molecule has 21 heavy (non-hydrogen) atoms. The van der Waals surface area contributed by atoms with Crippen molar-refractivity contribution in [3.63, 3.8) is 0 Å². The summed E-state index contributed by atoms with van der Waals surface area (Å²) in [5.74, 6) is -1.69. The van der Waals surface area contributed by atoms with Gasteiger partial charge in [-0.15, -0.1) is 11.3 Å². The molecule has 1 unspecified atom stereocenters. The minimum atomic E-state index is -4.08. The molecule has 0 saturated heterocycles. The third-order valence-corrected chi connectivity index (χ3v) is 5.88. The molecule has 0 spiro atoms. The minimum Gasteiger partial charge on any atom is -0.477 e. The Labute approximate surface area is 127 Å². The second-order valence-electron chi connectivity index (χ2n) is 4.58. The molecule has 0 aliphatic heterocycles. The summed E-state index contributed by atoms with van der Waals surface area (Å²) < 4.78 is 26.9. The number of hydrogen-bond acceptors (Lipinski definition) is 5. The second-order valence-corrected chi connectivity index (χ2v) is 7.11. The highest BCUT2D eigenvalue weighted by Crippen LogP contribution is 2.26. The number of amides is 1. The third-order valence-electron chi connectivity index (χ3n) is 2.93. The average molecular weight is 334 g/mol. The normalized spacial score (nSPS) is 13.0. The first-order chi connectivity index (χ1) is 9.61. The first-order valence-electron chi connectivity index (χ1n) is 6.20. The Balaban J connectivity index is 3.11. The van der Waals surface area contributed by atoms with E-state index >= 15 is 0 Å². The zero-order valence-electron chi connectivity index (χ0n) is 12.2. The molecule has 1 aromatic heterocycles. The minimum absolute atomic E-state index is 0.261. The van der Waals surface area contributed by atoms with E-state index in [0.717, 1.165) is 11.3 Å². The van der Waals surface area contributed by atoms with Crippen molar-refractivity contribution in [2.75, 3.05) is 13.6 Å². The van der Waals surface area contributed by atoms with Crippen LogP contribution < -0.4 is 4.72 Å². The lowest BCUT2D eigenvalue weighted by Gasteiger charge is -2.20. The van der Waals surface area contributed by atoms with Gasteiger partial charge in [-0.25, -0.2) is 13.2 Å². The van der Waals surface area contributed by atoms with Gasteiger partial charge in [0.15, 0.2) is 0 Å². The lowest BCUT2D eigenvalue weighted by atomic mass is 10.3. The van der Waals surface area contributed by atoms with Crippen molar-refractivity contribution in [2.45, 2.75) is 31.7 Å². The molecule has 1 amide bonds. The molecule has 1 rings (SSSR count). The molecular formula is C12H18N2O5S2. The number of likely N-dealkylation sites (N-methyl/N-ethyl adjacent to an activating group) is 1. The first-order valence-corrected chi connectivity index (χ1v) is 8.56. The molecule has 0 aromatic carbocycles. The second kappa shape index (κ2) is 6.54. The van der Waals surface area contributed by atoms with Gasteiger partial charge in [-0.3, -0.25) is 4.79 Å². The number of sulfonamides is 1. The van der Waals surface area contributed by atoms with E-state index in [2.05, 4.69) is 4.72 Å². The number of aromatic carboxylic acids is 1. The Hall–Kier alpha value is -1.45. The Morgan fingerprint density at radius 1 is 1.48 bits per heavy atom. The van der Waals surface area contributed by atoms with Gasteiger partial charge in [0, 0.05) is 13.6 Å². The zero-order valence-corrected chi connectivity index (χ0v) is 13.8. The summed E-state index contributed by atoms with van der Waals surface area (Å²) in [6.07, 6.45) is 0. The maximum Gasteiger partial charge on any atom is 0.347 e. The number of carboxylic acids is 1. The van der Waals surface area contributed by atoms with Crippen LogP contribution in [0, 0.1) is 6.92 Å². The smallest absolute Gasteiger partial charge is 0.347 e. The van der Waals surface area contributed by atoms with Crippen LogP contribution in [0.25, 0.3) is 0 Å². The van der Waals surface area contributed by atoms with E-state index in [-0.39, 0.29) is 15.7 Å². The van der Waals surface area contributed by atoms with Gasteiger partial charge in [-0.2, -0.15) is 4.72 Å². The molecule has 0 saturated carbocycles. The lowest BCUT2D eigenvalue weighted by Crippen LogP contribution is -2.45. The topological polar surface area (TPSA) is 104 Å². The van der Waals surface area contributed by atoms with Crippen molar-refractivity contribution in [3.8, 4) is 0 Å². The number of rotatable bonds is 6. The van der Waals surface area contributed by atoms with E-state index in [4.69, 9.17) is 5.11 Å². The summed E-state index contributed by atoms with van der Waals surface area (Å²) >= 11 is 0.843. The summed E-state index contributed by atoms with van der Waals surface area (Å²) in [5.41, 5.74) is 0.341. The lowest BCUT2D eigenvalue weighted by molar-refractivity contribution is -0.131. The number of carboxylic acid groups (broad SMARTS) is 1. The van der Waals surface area contributed by atoms with Crippen molar-refractivity contribution in [3.05, 3.63) is 15.8 Å². The van der Waals surface area contributed by atoms with Gasteiger partial charge in [0.05, 0.1) is 6.04 Å². The number of aryl methyl sites for hydroxylation is 1. The van der Waals surface area contributed by atoms with Crippen LogP contribution in [0.2, 0.25) is 0 Å². The van der Waals surface area contributed by atoms with Gasteiger partial charge in [-0.05, 0) is 31.7 Å². The van der Waals surface area contributed by atoms with E-state index in [1.165, 1.54) is 24.1 Å². The average Bonchev–Trinajstić information content (AvgIpc) is 2.79. The molecule has 0 bridgehead atoms. The van der Waals surface area contributed by atoms with Gasteiger partial charge in [0.1, 0.15) is 9.77 Å². The molecule has 1 aromatic rings. The van der Waals surface area contributed by atoms with Crippen LogP contribution in [0.4, 0.5) is 0 Å². The Morgan fingerprint density at radius 2 is 2.05 bits per heavy atom. The Kier molecular flexibility index (Phi) is 5.48. The third kappa shape index (κ3) is 3.80. The van der Waals surface area contributed by atoms with E-state index < -0.39 is 22.0 Å². The number of nitrogens with one attached hydrogen (secondary N) is 1. The summed E-state index contributed by atoms with van der Waals surface area (Å²) in [6, 6.07) is -0.971. The highest BCUT2D eigenvalue weighted by molar-refractivity contribution is 7.89. The predicted octanol–water partition coefficient (Wildman–Crippen LogP) is 0.900. The summed E-state index contributed by atoms with van der Waals surface area (Å²) in [4.78, 5) is 23.9. The fourth-order valence-electron chi connectivity index (χ4n) is 1.74.